The third-order valence-electron chi connectivity index (χ3n) is 3.60. The Labute approximate surface area is 121 Å². The van der Waals surface area contributed by atoms with E-state index >= 15 is 0 Å². The van der Waals surface area contributed by atoms with E-state index in [1.54, 1.807) is 0 Å². The fourth-order valence-corrected chi connectivity index (χ4v) is 2.42. The zero-order valence-electron chi connectivity index (χ0n) is 13.1. The van der Waals surface area contributed by atoms with Crippen molar-refractivity contribution in [3.63, 3.8) is 0 Å². The normalized spacial score (nSPS) is 11.6. The van der Waals surface area contributed by atoms with E-state index in [9.17, 15) is 0 Å². The maximum Gasteiger partial charge on any atom is 0.131 e. The van der Waals surface area contributed by atoms with Crippen LogP contribution < -0.4 is 5.73 Å². The van der Waals surface area contributed by atoms with Crippen molar-refractivity contribution in [2.75, 3.05) is 5.73 Å². The number of aromatic nitrogens is 2. The molecule has 1 aromatic heterocycles. The molecule has 0 aliphatic rings. The quantitative estimate of drug-likeness (QED) is 0.904. The van der Waals surface area contributed by atoms with Gasteiger partial charge in [-0.2, -0.15) is 0 Å². The molecule has 3 nitrogen and oxygen atoms in total. The van der Waals surface area contributed by atoms with Crippen LogP contribution >= 0.6 is 0 Å². The fraction of sp³-hybridized carbons (Fsp3) is 0.471. The van der Waals surface area contributed by atoms with Crippen LogP contribution in [0.5, 0.6) is 0 Å². The van der Waals surface area contributed by atoms with E-state index in [1.807, 2.05) is 6.92 Å². The van der Waals surface area contributed by atoms with Gasteiger partial charge < -0.3 is 10.3 Å². The van der Waals surface area contributed by atoms with Crippen molar-refractivity contribution in [3.8, 4) is 11.3 Å². The maximum absolute atomic E-state index is 6.28. The summed E-state index contributed by atoms with van der Waals surface area (Å²) < 4.78 is 2.11. The van der Waals surface area contributed by atoms with Gasteiger partial charge in [-0.1, -0.05) is 52.0 Å². The summed E-state index contributed by atoms with van der Waals surface area (Å²) in [5.41, 5.74) is 9.62. The topological polar surface area (TPSA) is 43.8 Å². The van der Waals surface area contributed by atoms with Gasteiger partial charge in [0.1, 0.15) is 17.3 Å². The summed E-state index contributed by atoms with van der Waals surface area (Å²) in [6.45, 7) is 11.7. The van der Waals surface area contributed by atoms with Gasteiger partial charge in [0.15, 0.2) is 0 Å². The summed E-state index contributed by atoms with van der Waals surface area (Å²) in [6, 6.07) is 8.56. The highest BCUT2D eigenvalue weighted by atomic mass is 15.1. The molecule has 108 valence electrons. The Kier molecular flexibility index (Phi) is 4.17. The number of nitrogen functional groups attached to an aromatic ring is 1. The zero-order chi connectivity index (χ0) is 14.9. The lowest BCUT2D eigenvalue weighted by Gasteiger charge is -2.10. The lowest BCUT2D eigenvalue weighted by atomic mass is 10.0. The van der Waals surface area contributed by atoms with Crippen molar-refractivity contribution in [1.82, 2.24) is 9.55 Å². The molecule has 2 aromatic rings. The first-order valence-electron chi connectivity index (χ1n) is 7.33. The van der Waals surface area contributed by atoms with Gasteiger partial charge in [0.05, 0.1) is 0 Å². The predicted octanol–water partition coefficient (Wildman–Crippen LogP) is 4.22. The molecule has 0 aliphatic heterocycles. The van der Waals surface area contributed by atoms with E-state index in [0.717, 1.165) is 29.4 Å². The Hall–Kier alpha value is -1.77. The van der Waals surface area contributed by atoms with Crippen LogP contribution in [0.2, 0.25) is 0 Å². The maximum atomic E-state index is 6.28. The van der Waals surface area contributed by atoms with Crippen LogP contribution in [0.3, 0.4) is 0 Å². The second-order valence-corrected chi connectivity index (χ2v) is 6.17. The first-order chi connectivity index (χ1) is 9.40. The minimum atomic E-state index is 0.543. The molecule has 0 atom stereocenters. The molecule has 0 bridgehead atoms. The number of aryl methyl sites for hydroxylation is 1. The molecular formula is C17H25N3. The molecule has 0 aliphatic carbocycles. The lowest BCUT2D eigenvalue weighted by Crippen LogP contribution is -2.09. The van der Waals surface area contributed by atoms with Gasteiger partial charge >= 0.3 is 0 Å². The van der Waals surface area contributed by atoms with Gasteiger partial charge in [-0.05, 0) is 24.3 Å². The van der Waals surface area contributed by atoms with Crippen LogP contribution in [0.15, 0.2) is 24.3 Å². The average Bonchev–Trinajstić information content (AvgIpc) is 2.66. The number of imidazole rings is 1. The first kappa shape index (κ1) is 14.6. The second kappa shape index (κ2) is 5.70. The van der Waals surface area contributed by atoms with E-state index < -0.39 is 0 Å². The molecular weight excluding hydrogens is 246 g/mol. The molecule has 3 heteroatoms. The smallest absolute Gasteiger partial charge is 0.131 e. The van der Waals surface area contributed by atoms with Crippen LogP contribution in [0.25, 0.3) is 11.3 Å². The van der Waals surface area contributed by atoms with Crippen LogP contribution in [-0.4, -0.2) is 9.55 Å². The Morgan fingerprint density at radius 1 is 1.10 bits per heavy atom. The molecule has 1 heterocycles. The van der Waals surface area contributed by atoms with E-state index in [4.69, 9.17) is 5.73 Å². The summed E-state index contributed by atoms with van der Waals surface area (Å²) in [5.74, 6) is 2.86. The zero-order valence-corrected chi connectivity index (χ0v) is 13.1. The number of rotatable bonds is 4. The summed E-state index contributed by atoms with van der Waals surface area (Å²) in [7, 11) is 0. The molecule has 2 N–H and O–H groups in total. The van der Waals surface area contributed by atoms with E-state index in [2.05, 4.69) is 61.5 Å². The molecule has 0 saturated carbocycles. The van der Waals surface area contributed by atoms with Crippen molar-refractivity contribution in [2.45, 2.75) is 47.1 Å². The number of hydrogen-bond donors (Lipinski definition) is 1. The minimum absolute atomic E-state index is 0.543. The molecule has 0 fully saturated rings. The van der Waals surface area contributed by atoms with Gasteiger partial charge in [-0.3, -0.25) is 0 Å². The van der Waals surface area contributed by atoms with E-state index in [-0.39, 0.29) is 0 Å². The summed E-state index contributed by atoms with van der Waals surface area (Å²) >= 11 is 0. The Morgan fingerprint density at radius 2 is 1.70 bits per heavy atom. The standard InChI is InChI=1S/C17H25N3/c1-11(2)10-20-13(5)19-16(17(20)18)15-8-6-14(7-9-15)12(3)4/h6-9,11-12H,10,18H2,1-5H3. The van der Waals surface area contributed by atoms with Gasteiger partial charge in [0.25, 0.3) is 0 Å². The number of hydrogen-bond acceptors (Lipinski definition) is 2. The highest BCUT2D eigenvalue weighted by Crippen LogP contribution is 2.28. The second-order valence-electron chi connectivity index (χ2n) is 6.17. The monoisotopic (exact) mass is 271 g/mol. The average molecular weight is 271 g/mol. The highest BCUT2D eigenvalue weighted by Gasteiger charge is 2.14. The summed E-state index contributed by atoms with van der Waals surface area (Å²) in [6.07, 6.45) is 0. The van der Waals surface area contributed by atoms with Gasteiger partial charge in [0, 0.05) is 12.1 Å². The predicted molar refractivity (Wildman–Crippen MR) is 85.7 cm³/mol. The SMILES string of the molecule is Cc1nc(-c2ccc(C(C)C)cc2)c(N)n1CC(C)C. The van der Waals surface area contributed by atoms with Crippen molar-refractivity contribution in [1.29, 1.82) is 0 Å². The number of benzene rings is 1. The highest BCUT2D eigenvalue weighted by molar-refractivity contribution is 5.71. The van der Waals surface area contributed by atoms with E-state index in [1.165, 1.54) is 5.56 Å². The molecule has 20 heavy (non-hydrogen) atoms. The fourth-order valence-electron chi connectivity index (χ4n) is 2.42. The van der Waals surface area contributed by atoms with Crippen molar-refractivity contribution in [2.24, 2.45) is 5.92 Å². The Bertz CT molecular complexity index is 577. The molecule has 0 radical (unpaired) electrons. The van der Waals surface area contributed by atoms with Gasteiger partial charge in [0.2, 0.25) is 0 Å². The van der Waals surface area contributed by atoms with Gasteiger partial charge in [-0.15, -0.1) is 0 Å². The summed E-state index contributed by atoms with van der Waals surface area (Å²) in [5, 5.41) is 0. The lowest BCUT2D eigenvalue weighted by molar-refractivity contribution is 0.518. The third-order valence-corrected chi connectivity index (χ3v) is 3.60. The van der Waals surface area contributed by atoms with Gasteiger partial charge in [-0.25, -0.2) is 4.98 Å². The molecule has 0 spiro atoms. The largest absolute Gasteiger partial charge is 0.383 e. The molecule has 0 unspecified atom stereocenters. The number of anilines is 1. The van der Waals surface area contributed by atoms with Crippen molar-refractivity contribution >= 4 is 5.82 Å². The van der Waals surface area contributed by atoms with Crippen LogP contribution in [0, 0.1) is 12.8 Å². The van der Waals surface area contributed by atoms with Crippen molar-refractivity contribution < 1.29 is 0 Å². The van der Waals surface area contributed by atoms with Crippen LogP contribution in [-0.2, 0) is 6.54 Å². The van der Waals surface area contributed by atoms with Crippen molar-refractivity contribution in [3.05, 3.63) is 35.7 Å². The van der Waals surface area contributed by atoms with E-state index in [0.29, 0.717) is 11.8 Å². The molecule has 1 aromatic carbocycles. The number of nitrogens with zero attached hydrogens (tertiary/aromatic N) is 2. The van der Waals surface area contributed by atoms with Crippen LogP contribution in [0.1, 0.15) is 45.0 Å². The Balaban J connectivity index is 2.38. The molecule has 2 rings (SSSR count). The molecule has 0 saturated heterocycles. The third kappa shape index (κ3) is 2.87. The number of nitrogens with two attached hydrogens (primary N) is 1. The van der Waals surface area contributed by atoms with Crippen LogP contribution in [0.4, 0.5) is 5.82 Å². The first-order valence-corrected chi connectivity index (χ1v) is 7.33. The minimum Gasteiger partial charge on any atom is -0.383 e. The Morgan fingerprint density at radius 3 is 2.20 bits per heavy atom. The molecule has 0 amide bonds. The summed E-state index contributed by atoms with van der Waals surface area (Å²) in [4.78, 5) is 4.65.